The van der Waals surface area contributed by atoms with Crippen LogP contribution in [-0.2, 0) is 17.8 Å². The highest BCUT2D eigenvalue weighted by Gasteiger charge is 2.25. The molecule has 3 heterocycles. The van der Waals surface area contributed by atoms with E-state index < -0.39 is 0 Å². The van der Waals surface area contributed by atoms with Crippen LogP contribution in [0.15, 0.2) is 35.7 Å². The minimum atomic E-state index is -0.0948. The topological polar surface area (TPSA) is 67.2 Å². The number of nitrogens with zero attached hydrogens (tertiary/aromatic N) is 3. The maximum Gasteiger partial charge on any atom is 0.275 e. The van der Waals surface area contributed by atoms with Gasteiger partial charge in [0, 0.05) is 29.9 Å². The molecule has 2 aromatic heterocycles. The van der Waals surface area contributed by atoms with Gasteiger partial charge in [-0.25, -0.2) is 0 Å². The molecule has 0 aliphatic carbocycles. The fraction of sp³-hybridized carbons (Fsp3) is 0.381. The summed E-state index contributed by atoms with van der Waals surface area (Å²) in [7, 11) is 0. The number of rotatable bonds is 6. The van der Waals surface area contributed by atoms with Gasteiger partial charge in [-0.3, -0.25) is 14.3 Å². The van der Waals surface area contributed by atoms with Crippen molar-refractivity contribution in [3.63, 3.8) is 0 Å². The Labute approximate surface area is 168 Å². The van der Waals surface area contributed by atoms with Crippen LogP contribution in [0.25, 0.3) is 10.9 Å². The average Bonchev–Trinajstić information content (AvgIpc) is 3.43. The molecular weight excluding hydrogens is 372 g/mol. The normalized spacial score (nSPS) is 14.0. The van der Waals surface area contributed by atoms with Crippen molar-refractivity contribution in [3.05, 3.63) is 51.8 Å². The van der Waals surface area contributed by atoms with E-state index >= 15 is 0 Å². The van der Waals surface area contributed by atoms with Gasteiger partial charge in [-0.15, -0.1) is 11.3 Å². The van der Waals surface area contributed by atoms with Gasteiger partial charge in [-0.1, -0.05) is 18.2 Å². The number of amides is 2. The molecule has 6 nitrogen and oxygen atoms in total. The lowest BCUT2D eigenvalue weighted by Gasteiger charge is -2.13. The Morgan fingerprint density at radius 3 is 2.71 bits per heavy atom. The van der Waals surface area contributed by atoms with Crippen molar-refractivity contribution < 1.29 is 9.59 Å². The van der Waals surface area contributed by atoms with Gasteiger partial charge in [0.2, 0.25) is 5.91 Å². The van der Waals surface area contributed by atoms with Crippen LogP contribution in [0.3, 0.4) is 0 Å². The number of likely N-dealkylation sites (tertiary alicyclic amines) is 1. The number of hydrogen-bond donors (Lipinski definition) is 1. The quantitative estimate of drug-likeness (QED) is 0.696. The van der Waals surface area contributed by atoms with E-state index in [0.29, 0.717) is 12.2 Å². The van der Waals surface area contributed by atoms with Crippen molar-refractivity contribution in [2.24, 2.45) is 0 Å². The largest absolute Gasteiger partial charge is 0.354 e. The van der Waals surface area contributed by atoms with Crippen molar-refractivity contribution in [1.29, 1.82) is 0 Å². The molecule has 1 saturated heterocycles. The molecule has 0 radical (unpaired) electrons. The van der Waals surface area contributed by atoms with Crippen LogP contribution in [0, 0.1) is 6.92 Å². The van der Waals surface area contributed by atoms with E-state index in [4.69, 9.17) is 0 Å². The van der Waals surface area contributed by atoms with Gasteiger partial charge in [0.25, 0.3) is 5.91 Å². The zero-order chi connectivity index (χ0) is 19.5. The van der Waals surface area contributed by atoms with Gasteiger partial charge in [-0.2, -0.15) is 5.10 Å². The van der Waals surface area contributed by atoms with Crippen molar-refractivity contribution in [2.75, 3.05) is 19.6 Å². The number of benzene rings is 1. The van der Waals surface area contributed by atoms with Gasteiger partial charge >= 0.3 is 0 Å². The fourth-order valence-electron chi connectivity index (χ4n) is 3.64. The van der Waals surface area contributed by atoms with Gasteiger partial charge in [0.15, 0.2) is 5.69 Å². The third kappa shape index (κ3) is 3.80. The number of thiophene rings is 1. The summed E-state index contributed by atoms with van der Waals surface area (Å²) in [6.07, 6.45) is 2.90. The van der Waals surface area contributed by atoms with E-state index in [9.17, 15) is 9.59 Å². The van der Waals surface area contributed by atoms with E-state index in [1.54, 1.807) is 16.0 Å². The van der Waals surface area contributed by atoms with E-state index in [0.717, 1.165) is 43.3 Å². The van der Waals surface area contributed by atoms with Crippen LogP contribution in [0.2, 0.25) is 0 Å². The van der Waals surface area contributed by atoms with Crippen molar-refractivity contribution in [2.45, 2.75) is 32.7 Å². The molecule has 0 spiro atoms. The molecule has 4 rings (SSSR count). The number of carbonyl (C=O) groups excluding carboxylic acids is 2. The Hall–Kier alpha value is -2.67. The first-order chi connectivity index (χ1) is 13.6. The Bertz CT molecular complexity index is 1000. The predicted molar refractivity (Wildman–Crippen MR) is 111 cm³/mol. The van der Waals surface area contributed by atoms with Crippen LogP contribution < -0.4 is 5.32 Å². The summed E-state index contributed by atoms with van der Waals surface area (Å²) < 4.78 is 1.64. The molecule has 0 saturated carbocycles. The maximum atomic E-state index is 12.8. The summed E-state index contributed by atoms with van der Waals surface area (Å²) in [4.78, 5) is 28.4. The number of aromatic nitrogens is 2. The highest BCUT2D eigenvalue weighted by atomic mass is 32.1. The SMILES string of the molecule is Cc1ccsc1CCNC(=O)Cn1nc(C(=O)N2CCCC2)c2ccccc21. The van der Waals surface area contributed by atoms with Crippen LogP contribution >= 0.6 is 11.3 Å². The van der Waals surface area contributed by atoms with E-state index in [1.165, 1.54) is 10.4 Å². The van der Waals surface area contributed by atoms with E-state index in [-0.39, 0.29) is 18.4 Å². The number of fused-ring (bicyclic) bond motifs is 1. The minimum Gasteiger partial charge on any atom is -0.354 e. The summed E-state index contributed by atoms with van der Waals surface area (Å²) in [6, 6.07) is 9.71. The molecule has 1 aromatic carbocycles. The summed E-state index contributed by atoms with van der Waals surface area (Å²) in [5.41, 5.74) is 2.52. The lowest BCUT2D eigenvalue weighted by atomic mass is 10.2. The molecule has 1 aliphatic heterocycles. The second-order valence-corrected chi connectivity index (χ2v) is 8.15. The first-order valence-electron chi connectivity index (χ1n) is 9.68. The number of para-hydroxylation sites is 1. The van der Waals surface area contributed by atoms with Gasteiger partial charge in [-0.05, 0) is 49.3 Å². The fourth-order valence-corrected chi connectivity index (χ4v) is 4.55. The van der Waals surface area contributed by atoms with Gasteiger partial charge in [0.05, 0.1) is 5.52 Å². The second kappa shape index (κ2) is 8.14. The molecule has 28 heavy (non-hydrogen) atoms. The third-order valence-electron chi connectivity index (χ3n) is 5.19. The van der Waals surface area contributed by atoms with Crippen LogP contribution in [0.4, 0.5) is 0 Å². The van der Waals surface area contributed by atoms with E-state index in [1.807, 2.05) is 29.2 Å². The lowest BCUT2D eigenvalue weighted by Crippen LogP contribution is -2.30. The van der Waals surface area contributed by atoms with Crippen LogP contribution in [0.5, 0.6) is 0 Å². The smallest absolute Gasteiger partial charge is 0.275 e. The van der Waals surface area contributed by atoms with Crippen LogP contribution in [0.1, 0.15) is 33.8 Å². The highest BCUT2D eigenvalue weighted by molar-refractivity contribution is 7.10. The monoisotopic (exact) mass is 396 g/mol. The first-order valence-corrected chi connectivity index (χ1v) is 10.6. The van der Waals surface area contributed by atoms with Crippen LogP contribution in [-0.4, -0.2) is 46.1 Å². The lowest BCUT2D eigenvalue weighted by molar-refractivity contribution is -0.121. The standard InChI is InChI=1S/C21H24N4O2S/c1-15-9-13-28-18(15)8-10-22-19(26)14-25-17-7-3-2-6-16(17)20(23-25)21(27)24-11-4-5-12-24/h2-3,6-7,9,13H,4-5,8,10-12,14H2,1H3,(H,22,26). The Balaban J connectivity index is 1.46. The molecule has 3 aromatic rings. The summed E-state index contributed by atoms with van der Waals surface area (Å²) >= 11 is 1.71. The minimum absolute atomic E-state index is 0.0407. The molecule has 0 atom stereocenters. The first kappa shape index (κ1) is 18.7. The van der Waals surface area contributed by atoms with Crippen molar-refractivity contribution >= 4 is 34.1 Å². The van der Waals surface area contributed by atoms with Gasteiger partial charge in [0.1, 0.15) is 6.54 Å². The molecule has 146 valence electrons. The number of carbonyl (C=O) groups is 2. The predicted octanol–water partition coefficient (Wildman–Crippen LogP) is 3.00. The Morgan fingerprint density at radius 1 is 1.18 bits per heavy atom. The summed E-state index contributed by atoms with van der Waals surface area (Å²) in [5.74, 6) is -0.135. The molecule has 1 aliphatic rings. The molecule has 0 unspecified atom stereocenters. The number of hydrogen-bond acceptors (Lipinski definition) is 4. The summed E-state index contributed by atoms with van der Waals surface area (Å²) in [5, 5.41) is 10.4. The third-order valence-corrected chi connectivity index (χ3v) is 6.27. The maximum absolute atomic E-state index is 12.8. The number of nitrogens with one attached hydrogen (secondary N) is 1. The second-order valence-electron chi connectivity index (χ2n) is 7.15. The van der Waals surface area contributed by atoms with Crippen molar-refractivity contribution in [1.82, 2.24) is 20.0 Å². The molecule has 1 N–H and O–H groups in total. The number of aryl methyl sites for hydroxylation is 1. The summed E-state index contributed by atoms with van der Waals surface area (Å²) in [6.45, 7) is 4.35. The Kier molecular flexibility index (Phi) is 5.43. The molecule has 2 amide bonds. The molecular formula is C21H24N4O2S. The molecule has 1 fully saturated rings. The van der Waals surface area contributed by atoms with E-state index in [2.05, 4.69) is 28.8 Å². The average molecular weight is 397 g/mol. The Morgan fingerprint density at radius 2 is 1.96 bits per heavy atom. The molecule has 0 bridgehead atoms. The van der Waals surface area contributed by atoms with Gasteiger partial charge < -0.3 is 10.2 Å². The highest BCUT2D eigenvalue weighted by Crippen LogP contribution is 2.21. The molecule has 7 heteroatoms. The van der Waals surface area contributed by atoms with Crippen molar-refractivity contribution in [3.8, 4) is 0 Å². The zero-order valence-corrected chi connectivity index (χ0v) is 16.8. The zero-order valence-electron chi connectivity index (χ0n) is 16.0.